The molecule has 106 valence electrons. The molecule has 0 spiro atoms. The third kappa shape index (κ3) is 3.69. The lowest BCUT2D eigenvalue weighted by Gasteiger charge is -2.40. The summed E-state index contributed by atoms with van der Waals surface area (Å²) in [6, 6.07) is 0. The van der Waals surface area contributed by atoms with Crippen LogP contribution in [0.4, 0.5) is 0 Å². The minimum Gasteiger partial charge on any atom is -0.389 e. The van der Waals surface area contributed by atoms with Crippen LogP contribution in [0.1, 0.15) is 46.5 Å². The average Bonchev–Trinajstić information content (AvgIpc) is 2.27. The molecule has 3 N–H and O–H groups in total. The Bertz CT molecular complexity index is 289. The first-order chi connectivity index (χ1) is 8.20. The Morgan fingerprint density at radius 2 is 1.94 bits per heavy atom. The second-order valence-corrected chi connectivity index (χ2v) is 6.64. The Labute approximate surface area is 111 Å². The molecule has 4 heteroatoms. The van der Waals surface area contributed by atoms with E-state index in [4.69, 9.17) is 5.73 Å². The van der Waals surface area contributed by atoms with E-state index in [0.29, 0.717) is 19.0 Å². The lowest BCUT2D eigenvalue weighted by Crippen LogP contribution is -2.51. The van der Waals surface area contributed by atoms with Crippen LogP contribution >= 0.6 is 0 Å². The lowest BCUT2D eigenvalue weighted by atomic mass is 9.70. The number of carbonyl (C=O) groups is 1. The number of nitrogens with two attached hydrogens (primary N) is 1. The topological polar surface area (TPSA) is 66.6 Å². The molecule has 18 heavy (non-hydrogen) atoms. The zero-order chi connectivity index (χ0) is 14.0. The molecule has 0 unspecified atom stereocenters. The predicted molar refractivity (Wildman–Crippen MR) is 73.1 cm³/mol. The molecule has 0 radical (unpaired) electrons. The number of rotatable bonds is 4. The fraction of sp³-hybridized carbons (Fsp3) is 0.929. The summed E-state index contributed by atoms with van der Waals surface area (Å²) in [5.41, 5.74) is 4.62. The molecule has 0 aromatic carbocycles. The molecule has 1 amide bonds. The average molecular weight is 256 g/mol. The van der Waals surface area contributed by atoms with E-state index in [0.717, 1.165) is 25.7 Å². The molecule has 1 saturated carbocycles. The second-order valence-electron chi connectivity index (χ2n) is 6.64. The van der Waals surface area contributed by atoms with E-state index in [9.17, 15) is 9.90 Å². The van der Waals surface area contributed by atoms with Crippen molar-refractivity contribution in [2.75, 3.05) is 20.1 Å². The van der Waals surface area contributed by atoms with Crippen LogP contribution in [0.15, 0.2) is 0 Å². The molecule has 4 nitrogen and oxygen atoms in total. The number of aliphatic hydroxyl groups is 1. The number of hydrogen-bond donors (Lipinski definition) is 2. The van der Waals surface area contributed by atoms with Gasteiger partial charge in [-0.3, -0.25) is 4.79 Å². The van der Waals surface area contributed by atoms with Crippen molar-refractivity contribution in [3.05, 3.63) is 0 Å². The van der Waals surface area contributed by atoms with Crippen molar-refractivity contribution >= 4 is 5.91 Å². The normalized spacial score (nSPS) is 29.1. The number of likely N-dealkylation sites (N-methyl/N-ethyl adjacent to an activating group) is 1. The van der Waals surface area contributed by atoms with Crippen LogP contribution < -0.4 is 5.73 Å². The number of amides is 1. The van der Waals surface area contributed by atoms with E-state index in [1.165, 1.54) is 0 Å². The first kappa shape index (κ1) is 15.4. The van der Waals surface area contributed by atoms with E-state index in [1.54, 1.807) is 25.8 Å². The van der Waals surface area contributed by atoms with Crippen LogP contribution in [0.2, 0.25) is 0 Å². The van der Waals surface area contributed by atoms with Crippen LogP contribution in [0, 0.1) is 11.3 Å². The van der Waals surface area contributed by atoms with Gasteiger partial charge in [0.05, 0.1) is 11.0 Å². The summed E-state index contributed by atoms with van der Waals surface area (Å²) in [5.74, 6) is 0.788. The molecule has 0 bridgehead atoms. The smallest absolute Gasteiger partial charge is 0.229 e. The molecule has 0 aromatic heterocycles. The number of hydrogen-bond acceptors (Lipinski definition) is 3. The van der Waals surface area contributed by atoms with Gasteiger partial charge in [-0.1, -0.05) is 6.92 Å². The van der Waals surface area contributed by atoms with Gasteiger partial charge >= 0.3 is 0 Å². The Morgan fingerprint density at radius 1 is 1.44 bits per heavy atom. The Morgan fingerprint density at radius 3 is 2.33 bits per heavy atom. The molecule has 1 fully saturated rings. The summed E-state index contributed by atoms with van der Waals surface area (Å²) in [5, 5.41) is 9.81. The zero-order valence-electron chi connectivity index (χ0n) is 12.2. The molecule has 1 aliphatic rings. The summed E-state index contributed by atoms with van der Waals surface area (Å²) in [6.45, 7) is 6.42. The Hall–Kier alpha value is -0.610. The van der Waals surface area contributed by atoms with Crippen LogP contribution in [0.5, 0.6) is 0 Å². The Kier molecular flexibility index (Phi) is 4.78. The van der Waals surface area contributed by atoms with Crippen LogP contribution in [0.3, 0.4) is 0 Å². The molecule has 0 atom stereocenters. The highest BCUT2D eigenvalue weighted by atomic mass is 16.3. The second kappa shape index (κ2) is 5.57. The molecular weight excluding hydrogens is 228 g/mol. The van der Waals surface area contributed by atoms with Crippen molar-refractivity contribution in [3.63, 3.8) is 0 Å². The molecular formula is C14H28N2O2. The SMILES string of the molecule is CC1CCC(CN)(C(=O)N(C)CC(C)(C)O)CC1. The monoisotopic (exact) mass is 256 g/mol. The number of nitrogens with zero attached hydrogens (tertiary/aromatic N) is 1. The van der Waals surface area contributed by atoms with Crippen LogP contribution in [0.25, 0.3) is 0 Å². The largest absolute Gasteiger partial charge is 0.389 e. The fourth-order valence-electron chi connectivity index (χ4n) is 2.88. The van der Waals surface area contributed by atoms with Gasteiger partial charge in [-0.25, -0.2) is 0 Å². The Balaban J connectivity index is 2.73. The molecule has 0 aromatic rings. The maximum absolute atomic E-state index is 12.6. The summed E-state index contributed by atoms with van der Waals surface area (Å²) >= 11 is 0. The molecule has 0 aliphatic heterocycles. The first-order valence-electron chi connectivity index (χ1n) is 6.88. The maximum Gasteiger partial charge on any atom is 0.229 e. The molecule has 0 saturated heterocycles. The molecule has 1 rings (SSSR count). The minimum atomic E-state index is -0.859. The third-order valence-corrected chi connectivity index (χ3v) is 4.05. The summed E-state index contributed by atoms with van der Waals surface area (Å²) < 4.78 is 0. The van der Waals surface area contributed by atoms with Gasteiger partial charge in [0.15, 0.2) is 0 Å². The third-order valence-electron chi connectivity index (χ3n) is 4.05. The van der Waals surface area contributed by atoms with Crippen molar-refractivity contribution in [2.45, 2.75) is 52.1 Å². The van der Waals surface area contributed by atoms with Gasteiger partial charge in [0.1, 0.15) is 0 Å². The van der Waals surface area contributed by atoms with Gasteiger partial charge < -0.3 is 15.7 Å². The van der Waals surface area contributed by atoms with Gasteiger partial charge in [-0.15, -0.1) is 0 Å². The van der Waals surface area contributed by atoms with E-state index in [1.807, 2.05) is 0 Å². The summed E-state index contributed by atoms with van der Waals surface area (Å²) in [7, 11) is 1.76. The predicted octanol–water partition coefficient (Wildman–Crippen LogP) is 1.37. The highest BCUT2D eigenvalue weighted by Gasteiger charge is 2.42. The van der Waals surface area contributed by atoms with Crippen molar-refractivity contribution in [3.8, 4) is 0 Å². The van der Waals surface area contributed by atoms with E-state index < -0.39 is 11.0 Å². The minimum absolute atomic E-state index is 0.0963. The maximum atomic E-state index is 12.6. The molecule has 1 aliphatic carbocycles. The summed E-state index contributed by atoms with van der Waals surface area (Å²) in [4.78, 5) is 14.2. The van der Waals surface area contributed by atoms with Gasteiger partial charge in [-0.2, -0.15) is 0 Å². The van der Waals surface area contributed by atoms with Gasteiger partial charge in [-0.05, 0) is 45.4 Å². The van der Waals surface area contributed by atoms with Crippen molar-refractivity contribution in [1.82, 2.24) is 4.90 Å². The molecule has 0 heterocycles. The summed E-state index contributed by atoms with van der Waals surface area (Å²) in [6.07, 6.45) is 3.89. The van der Waals surface area contributed by atoms with Gasteiger partial charge in [0.2, 0.25) is 5.91 Å². The first-order valence-corrected chi connectivity index (χ1v) is 6.88. The van der Waals surface area contributed by atoms with Gasteiger partial charge in [0.25, 0.3) is 0 Å². The van der Waals surface area contributed by atoms with Crippen molar-refractivity contribution in [1.29, 1.82) is 0 Å². The van der Waals surface area contributed by atoms with Crippen molar-refractivity contribution < 1.29 is 9.90 Å². The van der Waals surface area contributed by atoms with Crippen molar-refractivity contribution in [2.24, 2.45) is 17.1 Å². The van der Waals surface area contributed by atoms with Crippen LogP contribution in [-0.4, -0.2) is 41.7 Å². The highest BCUT2D eigenvalue weighted by Crippen LogP contribution is 2.39. The quantitative estimate of drug-likeness (QED) is 0.798. The van der Waals surface area contributed by atoms with E-state index in [-0.39, 0.29) is 5.91 Å². The number of carbonyl (C=O) groups excluding carboxylic acids is 1. The van der Waals surface area contributed by atoms with E-state index >= 15 is 0 Å². The standard InChI is InChI=1S/C14H28N2O2/c1-11-5-7-14(9-15,8-6-11)12(17)16(4)10-13(2,3)18/h11,18H,5-10,15H2,1-4H3. The van der Waals surface area contributed by atoms with Crippen LogP contribution in [-0.2, 0) is 4.79 Å². The zero-order valence-corrected chi connectivity index (χ0v) is 12.2. The van der Waals surface area contributed by atoms with E-state index in [2.05, 4.69) is 6.92 Å². The fourth-order valence-corrected chi connectivity index (χ4v) is 2.88. The highest BCUT2D eigenvalue weighted by molar-refractivity contribution is 5.83. The lowest BCUT2D eigenvalue weighted by molar-refractivity contribution is -0.145. The van der Waals surface area contributed by atoms with Gasteiger partial charge in [0, 0.05) is 20.1 Å².